The first-order valence-electron chi connectivity index (χ1n) is 4.00. The van der Waals surface area contributed by atoms with E-state index in [1.54, 1.807) is 22.4 Å². The van der Waals surface area contributed by atoms with Gasteiger partial charge in [-0.15, -0.1) is 10.2 Å². The molecule has 0 spiro atoms. The molecule has 3 heterocycles. The molecule has 0 aliphatic rings. The lowest BCUT2D eigenvalue weighted by Crippen LogP contribution is -1.89. The van der Waals surface area contributed by atoms with Gasteiger partial charge in [0.2, 0.25) is 4.96 Å². The average Bonchev–Trinajstić information content (AvgIpc) is 2.79. The van der Waals surface area contributed by atoms with E-state index in [1.165, 1.54) is 11.3 Å². The molecule has 3 rings (SSSR count). The van der Waals surface area contributed by atoms with E-state index < -0.39 is 0 Å². The van der Waals surface area contributed by atoms with E-state index in [9.17, 15) is 0 Å². The highest BCUT2D eigenvalue weighted by Gasteiger charge is 2.08. The first-order chi connectivity index (χ1) is 6.95. The van der Waals surface area contributed by atoms with Crippen molar-refractivity contribution in [2.45, 2.75) is 0 Å². The van der Waals surface area contributed by atoms with Crippen LogP contribution < -0.4 is 0 Å². The topological polar surface area (TPSA) is 56.0 Å². The quantitative estimate of drug-likeness (QED) is 0.597. The zero-order valence-corrected chi connectivity index (χ0v) is 7.85. The maximum atomic E-state index is 4.14. The van der Waals surface area contributed by atoms with Crippen LogP contribution in [0.15, 0.2) is 30.0 Å². The molecular weight excluding hydrogens is 198 g/mol. The zero-order chi connectivity index (χ0) is 9.38. The van der Waals surface area contributed by atoms with Crippen LogP contribution >= 0.6 is 11.3 Å². The van der Waals surface area contributed by atoms with Crippen LogP contribution in [0.1, 0.15) is 0 Å². The van der Waals surface area contributed by atoms with Gasteiger partial charge in [0.1, 0.15) is 5.51 Å². The summed E-state index contributed by atoms with van der Waals surface area (Å²) < 4.78 is 1.72. The number of aromatic nitrogens is 5. The lowest BCUT2D eigenvalue weighted by Gasteiger charge is -1.93. The highest BCUT2D eigenvalue weighted by Crippen LogP contribution is 2.17. The van der Waals surface area contributed by atoms with Crippen molar-refractivity contribution in [1.82, 2.24) is 24.8 Å². The molecule has 0 aliphatic heterocycles. The molecule has 0 saturated heterocycles. The largest absolute Gasteiger partial charge is 0.265 e. The van der Waals surface area contributed by atoms with Crippen molar-refractivity contribution in [2.24, 2.45) is 0 Å². The minimum absolute atomic E-state index is 0.753. The molecule has 3 aromatic rings. The van der Waals surface area contributed by atoms with E-state index >= 15 is 0 Å². The highest BCUT2D eigenvalue weighted by atomic mass is 32.1. The maximum Gasteiger partial charge on any atom is 0.234 e. The number of hydrogen-bond acceptors (Lipinski definition) is 5. The zero-order valence-electron chi connectivity index (χ0n) is 7.03. The van der Waals surface area contributed by atoms with Crippen LogP contribution in [0.4, 0.5) is 0 Å². The van der Waals surface area contributed by atoms with Gasteiger partial charge in [0, 0.05) is 18.0 Å². The minimum atomic E-state index is 0.753. The summed E-state index contributed by atoms with van der Waals surface area (Å²) in [5, 5.41) is 12.2. The summed E-state index contributed by atoms with van der Waals surface area (Å²) >= 11 is 1.47. The Hall–Kier alpha value is -1.82. The van der Waals surface area contributed by atoms with Gasteiger partial charge in [-0.1, -0.05) is 11.3 Å². The maximum absolute atomic E-state index is 4.14. The summed E-state index contributed by atoms with van der Waals surface area (Å²) in [5.41, 5.74) is 2.72. The number of fused-ring (bicyclic) bond motifs is 1. The van der Waals surface area contributed by atoms with E-state index in [1.807, 2.05) is 12.1 Å². The van der Waals surface area contributed by atoms with E-state index in [-0.39, 0.29) is 0 Å². The monoisotopic (exact) mass is 203 g/mol. The van der Waals surface area contributed by atoms with Gasteiger partial charge in [-0.05, 0) is 12.1 Å². The summed E-state index contributed by atoms with van der Waals surface area (Å²) in [4.78, 5) is 4.75. The third-order valence-corrected chi connectivity index (χ3v) is 2.54. The lowest BCUT2D eigenvalue weighted by molar-refractivity contribution is 0.965. The second kappa shape index (κ2) is 2.85. The Balaban J connectivity index is 2.28. The molecule has 0 bridgehead atoms. The Labute approximate surface area is 83.1 Å². The van der Waals surface area contributed by atoms with Gasteiger partial charge in [0.25, 0.3) is 0 Å². The predicted molar refractivity (Wildman–Crippen MR) is 51.9 cm³/mol. The average molecular weight is 203 g/mol. The lowest BCUT2D eigenvalue weighted by atomic mass is 10.2. The molecule has 0 unspecified atom stereocenters. The SMILES string of the molecule is c1cc(-c2nnc3scnn23)ccn1. The molecule has 0 radical (unpaired) electrons. The standard InChI is InChI=1S/C8H5N5S/c1-3-9-4-2-6(1)7-11-12-8-13(7)10-5-14-8/h1-5H. The molecule has 0 aromatic carbocycles. The number of hydrogen-bond donors (Lipinski definition) is 0. The summed E-state index contributed by atoms with van der Waals surface area (Å²) in [6.07, 6.45) is 3.45. The second-order valence-corrected chi connectivity index (χ2v) is 3.50. The number of nitrogens with zero attached hydrogens (tertiary/aromatic N) is 5. The molecule has 68 valence electrons. The summed E-state index contributed by atoms with van der Waals surface area (Å²) in [5.74, 6) is 0.753. The Morgan fingerprint density at radius 1 is 1.14 bits per heavy atom. The van der Waals surface area contributed by atoms with Crippen LogP contribution in [0.2, 0.25) is 0 Å². The summed E-state index contributed by atoms with van der Waals surface area (Å²) in [7, 11) is 0. The van der Waals surface area contributed by atoms with Crippen molar-refractivity contribution >= 4 is 16.3 Å². The molecule has 0 aliphatic carbocycles. The number of rotatable bonds is 1. The Bertz CT molecular complexity index is 555. The molecule has 5 nitrogen and oxygen atoms in total. The van der Waals surface area contributed by atoms with Crippen LogP contribution in [0.25, 0.3) is 16.3 Å². The molecule has 0 amide bonds. The fourth-order valence-corrected chi connectivity index (χ4v) is 1.80. The fourth-order valence-electron chi connectivity index (χ4n) is 1.24. The third-order valence-electron chi connectivity index (χ3n) is 1.87. The Kier molecular flexibility index (Phi) is 1.54. The molecular formula is C8H5N5S. The van der Waals surface area contributed by atoms with Gasteiger partial charge in [-0.25, -0.2) is 0 Å². The van der Waals surface area contributed by atoms with Crippen LogP contribution in [0.5, 0.6) is 0 Å². The third kappa shape index (κ3) is 1.01. The molecule has 0 fully saturated rings. The first-order valence-corrected chi connectivity index (χ1v) is 4.88. The molecule has 0 saturated carbocycles. The van der Waals surface area contributed by atoms with E-state index in [2.05, 4.69) is 20.3 Å². The van der Waals surface area contributed by atoms with Crippen LogP contribution in [-0.4, -0.2) is 24.8 Å². The summed E-state index contributed by atoms with van der Waals surface area (Å²) in [6, 6.07) is 3.77. The van der Waals surface area contributed by atoms with Gasteiger partial charge < -0.3 is 0 Å². The first kappa shape index (κ1) is 7.57. The normalized spacial score (nSPS) is 10.9. The minimum Gasteiger partial charge on any atom is -0.265 e. The van der Waals surface area contributed by atoms with Crippen molar-refractivity contribution in [3.8, 4) is 11.4 Å². The van der Waals surface area contributed by atoms with Crippen LogP contribution in [0.3, 0.4) is 0 Å². The molecule has 14 heavy (non-hydrogen) atoms. The molecule has 0 N–H and O–H groups in total. The molecule has 3 aromatic heterocycles. The van der Waals surface area contributed by atoms with Crippen molar-refractivity contribution in [3.05, 3.63) is 30.0 Å². The van der Waals surface area contributed by atoms with Gasteiger partial charge >= 0.3 is 0 Å². The van der Waals surface area contributed by atoms with Gasteiger partial charge in [0.05, 0.1) is 0 Å². The Morgan fingerprint density at radius 3 is 2.86 bits per heavy atom. The molecule has 6 heteroatoms. The van der Waals surface area contributed by atoms with Gasteiger partial charge in [0.15, 0.2) is 5.82 Å². The van der Waals surface area contributed by atoms with Crippen LogP contribution in [-0.2, 0) is 0 Å². The van der Waals surface area contributed by atoms with E-state index in [4.69, 9.17) is 0 Å². The van der Waals surface area contributed by atoms with Crippen molar-refractivity contribution < 1.29 is 0 Å². The van der Waals surface area contributed by atoms with Crippen molar-refractivity contribution in [3.63, 3.8) is 0 Å². The van der Waals surface area contributed by atoms with E-state index in [0.29, 0.717) is 0 Å². The van der Waals surface area contributed by atoms with Gasteiger partial charge in [-0.2, -0.15) is 9.61 Å². The van der Waals surface area contributed by atoms with Crippen molar-refractivity contribution in [2.75, 3.05) is 0 Å². The fraction of sp³-hybridized carbons (Fsp3) is 0. The summed E-state index contributed by atoms with van der Waals surface area (Å²) in [6.45, 7) is 0. The second-order valence-electron chi connectivity index (χ2n) is 2.69. The Morgan fingerprint density at radius 2 is 2.00 bits per heavy atom. The van der Waals surface area contributed by atoms with Crippen LogP contribution in [0, 0.1) is 0 Å². The van der Waals surface area contributed by atoms with E-state index in [0.717, 1.165) is 16.3 Å². The van der Waals surface area contributed by atoms with Crippen molar-refractivity contribution in [1.29, 1.82) is 0 Å². The predicted octanol–water partition coefficient (Wildman–Crippen LogP) is 1.25. The highest BCUT2D eigenvalue weighted by molar-refractivity contribution is 7.14. The van der Waals surface area contributed by atoms with Gasteiger partial charge in [-0.3, -0.25) is 4.98 Å². The smallest absolute Gasteiger partial charge is 0.234 e. The number of pyridine rings is 1. The molecule has 0 atom stereocenters.